The van der Waals surface area contributed by atoms with Crippen molar-refractivity contribution in [1.29, 1.82) is 0 Å². The molecule has 4 heteroatoms. The number of nitrogens with zero attached hydrogens (tertiary/aromatic N) is 1. The highest BCUT2D eigenvalue weighted by Crippen LogP contribution is 2.35. The number of carbonyl (C=O) groups is 1. The Morgan fingerprint density at radius 1 is 1.59 bits per heavy atom. The van der Waals surface area contributed by atoms with Gasteiger partial charge in [-0.2, -0.15) is 0 Å². The number of ether oxygens (including phenoxy) is 1. The van der Waals surface area contributed by atoms with Crippen LogP contribution in [-0.2, 0) is 9.53 Å². The Kier molecular flexibility index (Phi) is 5.73. The molecule has 0 aliphatic heterocycles. The van der Waals surface area contributed by atoms with Crippen molar-refractivity contribution in [3.63, 3.8) is 0 Å². The predicted molar refractivity (Wildman–Crippen MR) is 66.1 cm³/mol. The minimum Gasteiger partial charge on any atom is -0.469 e. The summed E-state index contributed by atoms with van der Waals surface area (Å²) in [5.41, 5.74) is 0.819. The fraction of sp³-hybridized carbons (Fsp3) is 0.692. The zero-order valence-corrected chi connectivity index (χ0v) is 10.6. The molecule has 0 amide bonds. The topological polar surface area (TPSA) is 58.9 Å². The van der Waals surface area contributed by atoms with Gasteiger partial charge < -0.3 is 9.94 Å². The lowest BCUT2D eigenvalue weighted by Crippen LogP contribution is -2.18. The van der Waals surface area contributed by atoms with Crippen LogP contribution >= 0.6 is 0 Å². The van der Waals surface area contributed by atoms with Crippen molar-refractivity contribution in [2.24, 2.45) is 17.0 Å². The monoisotopic (exact) mass is 239 g/mol. The van der Waals surface area contributed by atoms with E-state index in [9.17, 15) is 4.79 Å². The van der Waals surface area contributed by atoms with Gasteiger partial charge in [0.25, 0.3) is 0 Å². The first-order valence-corrected chi connectivity index (χ1v) is 6.15. The maximum atomic E-state index is 11.3. The van der Waals surface area contributed by atoms with E-state index in [0.717, 1.165) is 31.4 Å². The van der Waals surface area contributed by atoms with Crippen LogP contribution in [0.15, 0.2) is 17.3 Å². The summed E-state index contributed by atoms with van der Waals surface area (Å²) in [5, 5.41) is 12.3. The number of hydrogen-bond donors (Lipinski definition) is 1. The van der Waals surface area contributed by atoms with Crippen molar-refractivity contribution >= 4 is 11.7 Å². The van der Waals surface area contributed by atoms with Crippen LogP contribution in [0.5, 0.6) is 0 Å². The highest BCUT2D eigenvalue weighted by atomic mass is 16.5. The molecule has 0 aromatic carbocycles. The first-order valence-electron chi connectivity index (χ1n) is 6.15. The number of allylic oxidation sites excluding steroid dienone is 2. The maximum Gasteiger partial charge on any atom is 0.305 e. The summed E-state index contributed by atoms with van der Waals surface area (Å²) < 4.78 is 4.70. The van der Waals surface area contributed by atoms with E-state index in [1.165, 1.54) is 7.11 Å². The number of hydrogen-bond acceptors (Lipinski definition) is 4. The molecule has 0 spiro atoms. The standard InChI is InChI=1S/C13H21NO3/c1-3-4-5-6-11-10(9-13(15)17-2)7-8-12(11)14-16/h4-5,10-11,16H,3,6-9H2,1-2H3/b5-4-,14-12+. The van der Waals surface area contributed by atoms with Crippen molar-refractivity contribution < 1.29 is 14.7 Å². The van der Waals surface area contributed by atoms with Gasteiger partial charge in [0.05, 0.1) is 12.8 Å². The fourth-order valence-electron chi connectivity index (χ4n) is 2.40. The van der Waals surface area contributed by atoms with Crippen molar-refractivity contribution in [2.45, 2.75) is 39.0 Å². The molecule has 0 heterocycles. The van der Waals surface area contributed by atoms with E-state index in [1.54, 1.807) is 0 Å². The minimum atomic E-state index is -0.182. The fourth-order valence-corrected chi connectivity index (χ4v) is 2.40. The molecule has 0 saturated heterocycles. The Morgan fingerprint density at radius 3 is 2.94 bits per heavy atom. The molecule has 1 rings (SSSR count). The quantitative estimate of drug-likeness (QED) is 0.347. The molecule has 0 aromatic rings. The molecule has 0 radical (unpaired) electrons. The van der Waals surface area contributed by atoms with E-state index >= 15 is 0 Å². The number of esters is 1. The largest absolute Gasteiger partial charge is 0.469 e. The van der Waals surface area contributed by atoms with E-state index in [-0.39, 0.29) is 17.8 Å². The van der Waals surface area contributed by atoms with Gasteiger partial charge in [0.2, 0.25) is 0 Å². The van der Waals surface area contributed by atoms with Crippen LogP contribution in [-0.4, -0.2) is 24.0 Å². The lowest BCUT2D eigenvalue weighted by molar-refractivity contribution is -0.141. The predicted octanol–water partition coefficient (Wildman–Crippen LogP) is 2.76. The molecular formula is C13H21NO3. The van der Waals surface area contributed by atoms with Crippen molar-refractivity contribution in [3.05, 3.63) is 12.2 Å². The summed E-state index contributed by atoms with van der Waals surface area (Å²) >= 11 is 0. The highest BCUT2D eigenvalue weighted by Gasteiger charge is 2.34. The average molecular weight is 239 g/mol. The number of carbonyl (C=O) groups excluding carboxylic acids is 1. The van der Waals surface area contributed by atoms with Gasteiger partial charge in [0.1, 0.15) is 0 Å². The molecule has 2 unspecified atom stereocenters. The Morgan fingerprint density at radius 2 is 2.35 bits per heavy atom. The summed E-state index contributed by atoms with van der Waals surface area (Å²) in [4.78, 5) is 11.3. The molecule has 1 aliphatic carbocycles. The SMILES string of the molecule is CC/C=C\CC1/C(=N/O)CCC1CC(=O)OC. The zero-order valence-electron chi connectivity index (χ0n) is 10.6. The van der Waals surface area contributed by atoms with Crippen LogP contribution in [0.4, 0.5) is 0 Å². The van der Waals surface area contributed by atoms with Gasteiger partial charge in [0, 0.05) is 12.3 Å². The molecule has 1 aliphatic rings. The third kappa shape index (κ3) is 3.88. The Labute approximate surface area is 102 Å². The molecule has 1 N–H and O–H groups in total. The molecule has 0 aromatic heterocycles. The van der Waals surface area contributed by atoms with Gasteiger partial charge in [-0.05, 0) is 31.6 Å². The molecule has 1 fully saturated rings. The molecule has 96 valence electrons. The molecule has 1 saturated carbocycles. The Bertz CT molecular complexity index is 310. The Hall–Kier alpha value is -1.32. The van der Waals surface area contributed by atoms with E-state index in [4.69, 9.17) is 9.94 Å². The van der Waals surface area contributed by atoms with Crippen molar-refractivity contribution in [1.82, 2.24) is 0 Å². The van der Waals surface area contributed by atoms with Crippen LogP contribution in [0.25, 0.3) is 0 Å². The third-order valence-corrected chi connectivity index (χ3v) is 3.35. The average Bonchev–Trinajstić information content (AvgIpc) is 2.72. The van der Waals surface area contributed by atoms with Crippen LogP contribution in [0.2, 0.25) is 0 Å². The lowest BCUT2D eigenvalue weighted by atomic mass is 9.89. The van der Waals surface area contributed by atoms with Crippen LogP contribution in [0.1, 0.15) is 39.0 Å². The van der Waals surface area contributed by atoms with E-state index in [1.807, 2.05) is 0 Å². The van der Waals surface area contributed by atoms with E-state index in [2.05, 4.69) is 24.2 Å². The molecule has 4 nitrogen and oxygen atoms in total. The minimum absolute atomic E-state index is 0.182. The second-order valence-corrected chi connectivity index (χ2v) is 4.39. The first-order chi connectivity index (χ1) is 8.22. The number of oxime groups is 1. The summed E-state index contributed by atoms with van der Waals surface area (Å²) in [6, 6.07) is 0. The summed E-state index contributed by atoms with van der Waals surface area (Å²) in [6.45, 7) is 2.08. The highest BCUT2D eigenvalue weighted by molar-refractivity contribution is 5.89. The summed E-state index contributed by atoms with van der Waals surface area (Å²) in [5.74, 6) is 0.246. The Balaban J connectivity index is 2.62. The third-order valence-electron chi connectivity index (χ3n) is 3.35. The summed E-state index contributed by atoms with van der Waals surface area (Å²) in [7, 11) is 1.41. The lowest BCUT2D eigenvalue weighted by Gasteiger charge is -2.16. The molecule has 2 atom stereocenters. The second-order valence-electron chi connectivity index (χ2n) is 4.39. The summed E-state index contributed by atoms with van der Waals surface area (Å²) in [6.07, 6.45) is 8.14. The van der Waals surface area contributed by atoms with Gasteiger partial charge in [-0.3, -0.25) is 4.79 Å². The number of methoxy groups -OCH3 is 1. The van der Waals surface area contributed by atoms with E-state index < -0.39 is 0 Å². The molecular weight excluding hydrogens is 218 g/mol. The van der Waals surface area contributed by atoms with Gasteiger partial charge in [-0.15, -0.1) is 0 Å². The number of rotatable bonds is 5. The first kappa shape index (κ1) is 13.7. The van der Waals surface area contributed by atoms with E-state index in [0.29, 0.717) is 6.42 Å². The molecule has 0 bridgehead atoms. The normalized spacial score (nSPS) is 26.8. The van der Waals surface area contributed by atoms with Gasteiger partial charge in [-0.25, -0.2) is 0 Å². The second kappa shape index (κ2) is 7.09. The van der Waals surface area contributed by atoms with Crippen LogP contribution < -0.4 is 0 Å². The van der Waals surface area contributed by atoms with Gasteiger partial charge in [-0.1, -0.05) is 24.2 Å². The maximum absolute atomic E-state index is 11.3. The van der Waals surface area contributed by atoms with Crippen LogP contribution in [0, 0.1) is 11.8 Å². The van der Waals surface area contributed by atoms with Gasteiger partial charge >= 0.3 is 5.97 Å². The van der Waals surface area contributed by atoms with Gasteiger partial charge in [0.15, 0.2) is 0 Å². The van der Waals surface area contributed by atoms with Crippen molar-refractivity contribution in [2.75, 3.05) is 7.11 Å². The smallest absolute Gasteiger partial charge is 0.305 e. The molecule has 17 heavy (non-hydrogen) atoms. The van der Waals surface area contributed by atoms with Crippen molar-refractivity contribution in [3.8, 4) is 0 Å². The zero-order chi connectivity index (χ0) is 12.7. The van der Waals surface area contributed by atoms with Crippen LogP contribution in [0.3, 0.4) is 0 Å².